The first-order valence-electron chi connectivity index (χ1n) is 9.57. The lowest BCUT2D eigenvalue weighted by Crippen LogP contribution is -2.47. The summed E-state index contributed by atoms with van der Waals surface area (Å²) in [6.07, 6.45) is 0. The Morgan fingerprint density at radius 2 is 1.77 bits per heavy atom. The van der Waals surface area contributed by atoms with Crippen molar-refractivity contribution in [3.8, 4) is 11.5 Å². The number of ether oxygens (including phenoxy) is 2. The number of benzene rings is 2. The van der Waals surface area contributed by atoms with Crippen molar-refractivity contribution in [3.63, 3.8) is 0 Å². The second-order valence-corrected chi connectivity index (χ2v) is 7.84. The highest BCUT2D eigenvalue weighted by Gasteiger charge is 2.51. The summed E-state index contributed by atoms with van der Waals surface area (Å²) < 4.78 is 10.4. The van der Waals surface area contributed by atoms with E-state index in [0.717, 1.165) is 10.5 Å². The highest BCUT2D eigenvalue weighted by atomic mass is 35.5. The van der Waals surface area contributed by atoms with E-state index in [1.807, 2.05) is 6.92 Å². The quantitative estimate of drug-likeness (QED) is 0.664. The van der Waals surface area contributed by atoms with Gasteiger partial charge >= 0.3 is 6.03 Å². The number of methoxy groups -OCH3 is 2. The molecule has 0 radical (unpaired) electrons. The first-order chi connectivity index (χ1) is 14.6. The van der Waals surface area contributed by atoms with Crippen LogP contribution in [0, 0.1) is 6.92 Å². The number of nitrogens with zero attached hydrogens (tertiary/aromatic N) is 1. The van der Waals surface area contributed by atoms with Gasteiger partial charge in [0.05, 0.1) is 19.2 Å². The summed E-state index contributed by atoms with van der Waals surface area (Å²) in [7, 11) is 3.05. The molecule has 1 aliphatic heterocycles. The third-order valence-corrected chi connectivity index (χ3v) is 5.68. The second-order valence-electron chi connectivity index (χ2n) is 7.43. The zero-order valence-corrected chi connectivity index (χ0v) is 18.7. The third-order valence-electron chi connectivity index (χ3n) is 5.38. The number of carbonyl (C=O) groups is 3. The van der Waals surface area contributed by atoms with E-state index in [-0.39, 0.29) is 0 Å². The molecule has 0 aliphatic carbocycles. The molecule has 1 heterocycles. The van der Waals surface area contributed by atoms with Gasteiger partial charge in [-0.1, -0.05) is 17.7 Å². The van der Waals surface area contributed by atoms with E-state index >= 15 is 0 Å². The van der Waals surface area contributed by atoms with E-state index in [2.05, 4.69) is 10.6 Å². The van der Waals surface area contributed by atoms with Gasteiger partial charge in [-0.05, 0) is 62.2 Å². The summed E-state index contributed by atoms with van der Waals surface area (Å²) in [5.41, 5.74) is 0.542. The van der Waals surface area contributed by atoms with Crippen LogP contribution in [-0.2, 0) is 15.1 Å². The van der Waals surface area contributed by atoms with Crippen molar-refractivity contribution in [2.24, 2.45) is 0 Å². The molecule has 2 N–H and O–H groups in total. The van der Waals surface area contributed by atoms with Crippen molar-refractivity contribution in [2.45, 2.75) is 32.4 Å². The zero-order valence-electron chi connectivity index (χ0n) is 17.9. The SMILES string of the molecule is COc1ccc(C2(C)NC(=O)N(C(C)C(=O)Nc3ccc(OC)c(Cl)c3)C2=O)cc1C. The maximum Gasteiger partial charge on any atom is 0.326 e. The number of hydrogen-bond donors (Lipinski definition) is 2. The summed E-state index contributed by atoms with van der Waals surface area (Å²) in [5.74, 6) is 0.0941. The van der Waals surface area contributed by atoms with Gasteiger partial charge in [-0.2, -0.15) is 0 Å². The molecule has 8 nitrogen and oxygen atoms in total. The molecule has 0 bridgehead atoms. The van der Waals surface area contributed by atoms with Gasteiger partial charge < -0.3 is 20.1 Å². The molecule has 1 fully saturated rings. The summed E-state index contributed by atoms with van der Waals surface area (Å²) in [5, 5.41) is 5.71. The monoisotopic (exact) mass is 445 g/mol. The Labute approximate surface area is 185 Å². The van der Waals surface area contributed by atoms with E-state index in [4.69, 9.17) is 21.1 Å². The Morgan fingerprint density at radius 3 is 2.35 bits per heavy atom. The fourth-order valence-corrected chi connectivity index (χ4v) is 3.76. The smallest absolute Gasteiger partial charge is 0.326 e. The minimum absolute atomic E-state index is 0.324. The lowest BCUT2D eigenvalue weighted by atomic mass is 9.90. The van der Waals surface area contributed by atoms with Crippen LogP contribution in [0.1, 0.15) is 25.0 Å². The van der Waals surface area contributed by atoms with E-state index < -0.39 is 29.4 Å². The van der Waals surface area contributed by atoms with Crippen molar-refractivity contribution >= 4 is 35.1 Å². The number of nitrogens with one attached hydrogen (secondary N) is 2. The normalized spacial score (nSPS) is 19.1. The van der Waals surface area contributed by atoms with Gasteiger partial charge in [-0.15, -0.1) is 0 Å². The Balaban J connectivity index is 1.81. The molecule has 2 aromatic carbocycles. The number of imide groups is 1. The summed E-state index contributed by atoms with van der Waals surface area (Å²) in [6, 6.07) is 8.31. The number of halogens is 1. The number of aryl methyl sites for hydroxylation is 1. The average Bonchev–Trinajstić information content (AvgIpc) is 2.96. The van der Waals surface area contributed by atoms with Gasteiger partial charge in [0, 0.05) is 5.69 Å². The highest BCUT2D eigenvalue weighted by molar-refractivity contribution is 6.32. The second kappa shape index (κ2) is 8.47. The minimum atomic E-state index is -1.30. The van der Waals surface area contributed by atoms with Crippen LogP contribution in [0.2, 0.25) is 5.02 Å². The van der Waals surface area contributed by atoms with E-state index in [9.17, 15) is 14.4 Å². The molecule has 1 saturated heterocycles. The van der Waals surface area contributed by atoms with Gasteiger partial charge in [0.1, 0.15) is 23.1 Å². The molecule has 31 heavy (non-hydrogen) atoms. The number of urea groups is 1. The molecule has 0 spiro atoms. The molecular formula is C22H24ClN3O5. The van der Waals surface area contributed by atoms with Crippen LogP contribution < -0.4 is 20.1 Å². The van der Waals surface area contributed by atoms with Gasteiger partial charge in [0.2, 0.25) is 5.91 Å². The Hall–Kier alpha value is -3.26. The van der Waals surface area contributed by atoms with E-state index in [0.29, 0.717) is 27.8 Å². The fourth-order valence-electron chi connectivity index (χ4n) is 3.51. The van der Waals surface area contributed by atoms with Crippen LogP contribution in [0.3, 0.4) is 0 Å². The van der Waals surface area contributed by atoms with Gasteiger partial charge in [0.15, 0.2) is 0 Å². The predicted octanol–water partition coefficient (Wildman–Crippen LogP) is 3.46. The fraction of sp³-hybridized carbons (Fsp3) is 0.318. The van der Waals surface area contributed by atoms with Gasteiger partial charge in [-0.3, -0.25) is 9.59 Å². The molecule has 2 unspecified atom stereocenters. The van der Waals surface area contributed by atoms with Crippen LogP contribution in [0.25, 0.3) is 0 Å². The Bertz CT molecular complexity index is 1060. The van der Waals surface area contributed by atoms with Crippen LogP contribution in [-0.4, -0.2) is 43.0 Å². The molecule has 1 aliphatic rings. The molecule has 9 heteroatoms. The number of carbonyl (C=O) groups excluding carboxylic acids is 3. The molecule has 0 aromatic heterocycles. The highest BCUT2D eigenvalue weighted by Crippen LogP contribution is 2.33. The maximum absolute atomic E-state index is 13.2. The maximum atomic E-state index is 13.2. The Kier molecular flexibility index (Phi) is 6.13. The Morgan fingerprint density at radius 1 is 1.13 bits per heavy atom. The molecule has 0 saturated carbocycles. The number of anilines is 1. The molecule has 2 atom stereocenters. The lowest BCUT2D eigenvalue weighted by molar-refractivity contribution is -0.136. The summed E-state index contributed by atoms with van der Waals surface area (Å²) in [4.78, 5) is 39.6. The lowest BCUT2D eigenvalue weighted by Gasteiger charge is -2.25. The predicted molar refractivity (Wildman–Crippen MR) is 117 cm³/mol. The summed E-state index contributed by atoms with van der Waals surface area (Å²) >= 11 is 6.09. The van der Waals surface area contributed by atoms with Crippen LogP contribution in [0.4, 0.5) is 10.5 Å². The van der Waals surface area contributed by atoms with Crippen molar-refractivity contribution in [3.05, 3.63) is 52.5 Å². The molecular weight excluding hydrogens is 422 g/mol. The minimum Gasteiger partial charge on any atom is -0.496 e. The van der Waals surface area contributed by atoms with Gasteiger partial charge in [-0.25, -0.2) is 9.69 Å². The number of amides is 4. The average molecular weight is 446 g/mol. The largest absolute Gasteiger partial charge is 0.496 e. The topological polar surface area (TPSA) is 97.0 Å². The first kappa shape index (κ1) is 22.4. The standard InChI is InChI=1S/C22H24ClN3O5/c1-12-10-14(6-8-17(12)30-4)22(3)20(28)26(21(29)25-22)13(2)19(27)24-15-7-9-18(31-5)16(23)11-15/h6-11,13H,1-5H3,(H,24,27)(H,25,29). The molecule has 164 valence electrons. The van der Waals surface area contributed by atoms with Gasteiger partial charge in [0.25, 0.3) is 5.91 Å². The summed E-state index contributed by atoms with van der Waals surface area (Å²) in [6.45, 7) is 4.95. The van der Waals surface area contributed by atoms with Crippen molar-refractivity contribution in [1.82, 2.24) is 10.2 Å². The zero-order chi connectivity index (χ0) is 22.9. The molecule has 4 amide bonds. The van der Waals surface area contributed by atoms with Crippen LogP contribution in [0.5, 0.6) is 11.5 Å². The molecule has 2 aromatic rings. The molecule has 3 rings (SSSR count). The van der Waals surface area contributed by atoms with Crippen molar-refractivity contribution in [2.75, 3.05) is 19.5 Å². The number of rotatable bonds is 6. The van der Waals surface area contributed by atoms with E-state index in [1.165, 1.54) is 20.1 Å². The number of hydrogen-bond acceptors (Lipinski definition) is 5. The first-order valence-corrected chi connectivity index (χ1v) is 9.95. The van der Waals surface area contributed by atoms with Crippen molar-refractivity contribution in [1.29, 1.82) is 0 Å². The van der Waals surface area contributed by atoms with E-state index in [1.54, 1.807) is 44.4 Å². The van der Waals surface area contributed by atoms with Crippen LogP contribution in [0.15, 0.2) is 36.4 Å². The third kappa shape index (κ3) is 4.03. The van der Waals surface area contributed by atoms with Crippen LogP contribution >= 0.6 is 11.6 Å². The van der Waals surface area contributed by atoms with Crippen molar-refractivity contribution < 1.29 is 23.9 Å².